The fraction of sp³-hybridized carbons (Fsp3) is 1.00. The predicted octanol–water partition coefficient (Wildman–Crippen LogP) is 1.80. The van der Waals surface area contributed by atoms with Gasteiger partial charge in [0.1, 0.15) is 6.23 Å². The van der Waals surface area contributed by atoms with Crippen LogP contribution in [0.15, 0.2) is 0 Å². The Hall–Kier alpha value is -0.120. The summed E-state index contributed by atoms with van der Waals surface area (Å²) >= 11 is 0. The predicted molar refractivity (Wildman–Crippen MR) is 68.0 cm³/mol. The van der Waals surface area contributed by atoms with Crippen LogP contribution >= 0.6 is 0 Å². The summed E-state index contributed by atoms with van der Waals surface area (Å²) in [6.45, 7) is 6.41. The molecular weight excluding hydrogens is 200 g/mol. The molecule has 0 aliphatic heterocycles. The third kappa shape index (κ3) is 3.19. The molecule has 3 N–H and O–H groups in total. The molecule has 4 unspecified atom stereocenters. The Morgan fingerprint density at radius 1 is 1.25 bits per heavy atom. The molecule has 0 aromatic carbocycles. The lowest BCUT2D eigenvalue weighted by atomic mass is 9.84. The maximum absolute atomic E-state index is 10.2. The Kier molecular flexibility index (Phi) is 5.22. The van der Waals surface area contributed by atoms with Crippen molar-refractivity contribution in [1.29, 1.82) is 0 Å². The van der Waals surface area contributed by atoms with Crippen LogP contribution in [-0.4, -0.2) is 35.4 Å². The van der Waals surface area contributed by atoms with E-state index in [0.717, 1.165) is 0 Å². The third-order valence-electron chi connectivity index (χ3n) is 4.12. The highest BCUT2D eigenvalue weighted by Gasteiger charge is 2.31. The molecule has 3 nitrogen and oxygen atoms in total. The van der Waals surface area contributed by atoms with Gasteiger partial charge in [0.2, 0.25) is 0 Å². The second-order valence-electron chi connectivity index (χ2n) is 5.73. The molecule has 0 aromatic heterocycles. The first kappa shape index (κ1) is 13.9. The Morgan fingerprint density at radius 3 is 2.31 bits per heavy atom. The summed E-state index contributed by atoms with van der Waals surface area (Å²) in [7, 11) is 2.01. The average molecular weight is 228 g/mol. The molecule has 1 aliphatic rings. The van der Waals surface area contributed by atoms with E-state index in [1.165, 1.54) is 25.7 Å². The standard InChI is InChI=1S/C13H28N2O/c1-9(2)12(14)13(16)15(4)11-8-6-5-7-10(11)3/h9-13,16H,5-8,14H2,1-4H3. The minimum atomic E-state index is -0.509. The van der Waals surface area contributed by atoms with Crippen molar-refractivity contribution in [2.24, 2.45) is 17.6 Å². The molecule has 1 saturated carbocycles. The molecule has 0 saturated heterocycles. The number of aliphatic hydroxyl groups is 1. The van der Waals surface area contributed by atoms with E-state index in [2.05, 4.69) is 25.7 Å². The molecule has 4 atom stereocenters. The topological polar surface area (TPSA) is 49.5 Å². The molecule has 0 amide bonds. The summed E-state index contributed by atoms with van der Waals surface area (Å²) in [5, 5.41) is 10.2. The van der Waals surface area contributed by atoms with Crippen LogP contribution in [0.3, 0.4) is 0 Å². The molecule has 0 radical (unpaired) electrons. The third-order valence-corrected chi connectivity index (χ3v) is 4.12. The first-order chi connectivity index (χ1) is 7.45. The van der Waals surface area contributed by atoms with Gasteiger partial charge in [0.05, 0.1) is 0 Å². The van der Waals surface area contributed by atoms with E-state index in [9.17, 15) is 5.11 Å². The van der Waals surface area contributed by atoms with Gasteiger partial charge >= 0.3 is 0 Å². The number of likely N-dealkylation sites (N-methyl/N-ethyl adjacent to an activating group) is 1. The van der Waals surface area contributed by atoms with E-state index in [4.69, 9.17) is 5.73 Å². The van der Waals surface area contributed by atoms with E-state index in [1.807, 2.05) is 7.05 Å². The number of hydrogen-bond acceptors (Lipinski definition) is 3. The lowest BCUT2D eigenvalue weighted by Crippen LogP contribution is -2.54. The highest BCUT2D eigenvalue weighted by atomic mass is 16.3. The average Bonchev–Trinajstić information content (AvgIpc) is 2.26. The van der Waals surface area contributed by atoms with Gasteiger partial charge in [-0.3, -0.25) is 4.90 Å². The molecule has 1 fully saturated rings. The molecular formula is C13H28N2O. The fourth-order valence-electron chi connectivity index (χ4n) is 2.71. The number of rotatable bonds is 4. The van der Waals surface area contributed by atoms with Crippen LogP contribution in [0.2, 0.25) is 0 Å². The first-order valence-corrected chi connectivity index (χ1v) is 6.60. The smallest absolute Gasteiger partial charge is 0.122 e. The van der Waals surface area contributed by atoms with Gasteiger partial charge in [-0.15, -0.1) is 0 Å². The van der Waals surface area contributed by atoms with E-state index < -0.39 is 6.23 Å². The van der Waals surface area contributed by atoms with E-state index >= 15 is 0 Å². The van der Waals surface area contributed by atoms with E-state index in [-0.39, 0.29) is 6.04 Å². The highest BCUT2D eigenvalue weighted by molar-refractivity contribution is 4.84. The second kappa shape index (κ2) is 5.99. The van der Waals surface area contributed by atoms with Crippen molar-refractivity contribution in [3.05, 3.63) is 0 Å². The summed E-state index contributed by atoms with van der Waals surface area (Å²) < 4.78 is 0. The van der Waals surface area contributed by atoms with Gasteiger partial charge in [0.15, 0.2) is 0 Å². The van der Waals surface area contributed by atoms with Crippen LogP contribution in [0.1, 0.15) is 46.5 Å². The zero-order valence-corrected chi connectivity index (χ0v) is 11.2. The lowest BCUT2D eigenvalue weighted by Gasteiger charge is -2.41. The minimum absolute atomic E-state index is 0.154. The van der Waals surface area contributed by atoms with E-state index in [0.29, 0.717) is 17.9 Å². The maximum Gasteiger partial charge on any atom is 0.122 e. The van der Waals surface area contributed by atoms with Crippen LogP contribution in [-0.2, 0) is 0 Å². The molecule has 96 valence electrons. The van der Waals surface area contributed by atoms with Gasteiger partial charge in [-0.05, 0) is 31.7 Å². The Labute approximate surface area is 100 Å². The van der Waals surface area contributed by atoms with Crippen LogP contribution in [0.25, 0.3) is 0 Å². The van der Waals surface area contributed by atoms with Crippen molar-refractivity contribution < 1.29 is 5.11 Å². The molecule has 0 aromatic rings. The summed E-state index contributed by atoms with van der Waals surface area (Å²) in [6, 6.07) is 0.340. The van der Waals surface area contributed by atoms with Crippen LogP contribution in [0.5, 0.6) is 0 Å². The minimum Gasteiger partial charge on any atom is -0.377 e. The van der Waals surface area contributed by atoms with Gasteiger partial charge in [0.25, 0.3) is 0 Å². The zero-order chi connectivity index (χ0) is 12.3. The number of nitrogens with two attached hydrogens (primary N) is 1. The van der Waals surface area contributed by atoms with Gasteiger partial charge in [-0.25, -0.2) is 0 Å². The molecule has 16 heavy (non-hydrogen) atoms. The molecule has 0 bridgehead atoms. The van der Waals surface area contributed by atoms with E-state index in [1.54, 1.807) is 0 Å². The molecule has 0 spiro atoms. The summed E-state index contributed by atoms with van der Waals surface area (Å²) in [5.74, 6) is 0.990. The number of nitrogens with zero attached hydrogens (tertiary/aromatic N) is 1. The SMILES string of the molecule is CC(C)C(N)C(O)N(C)C1CCCCC1C. The van der Waals surface area contributed by atoms with Crippen LogP contribution < -0.4 is 5.73 Å². The largest absolute Gasteiger partial charge is 0.377 e. The first-order valence-electron chi connectivity index (χ1n) is 6.60. The lowest BCUT2D eigenvalue weighted by molar-refractivity contribution is -0.0533. The van der Waals surface area contributed by atoms with Crippen molar-refractivity contribution >= 4 is 0 Å². The normalized spacial score (nSPS) is 30.8. The molecule has 3 heteroatoms. The maximum atomic E-state index is 10.2. The zero-order valence-electron chi connectivity index (χ0n) is 11.2. The van der Waals surface area contributed by atoms with Crippen molar-refractivity contribution in [2.45, 2.75) is 64.8 Å². The fourth-order valence-corrected chi connectivity index (χ4v) is 2.71. The van der Waals surface area contributed by atoms with Crippen molar-refractivity contribution in [1.82, 2.24) is 4.90 Å². The Morgan fingerprint density at radius 2 is 1.81 bits per heavy atom. The van der Waals surface area contributed by atoms with Crippen molar-refractivity contribution in [3.63, 3.8) is 0 Å². The monoisotopic (exact) mass is 228 g/mol. The summed E-state index contributed by atoms with van der Waals surface area (Å²) in [5.41, 5.74) is 6.02. The Balaban J connectivity index is 2.57. The van der Waals surface area contributed by atoms with Crippen molar-refractivity contribution in [2.75, 3.05) is 7.05 Å². The molecule has 1 rings (SSSR count). The van der Waals surface area contributed by atoms with Crippen LogP contribution in [0.4, 0.5) is 0 Å². The van der Waals surface area contributed by atoms with Crippen LogP contribution in [0, 0.1) is 11.8 Å². The van der Waals surface area contributed by atoms with Crippen molar-refractivity contribution in [3.8, 4) is 0 Å². The molecule has 1 aliphatic carbocycles. The second-order valence-corrected chi connectivity index (χ2v) is 5.73. The van der Waals surface area contributed by atoms with Gasteiger partial charge in [-0.2, -0.15) is 0 Å². The number of aliphatic hydroxyl groups excluding tert-OH is 1. The Bertz CT molecular complexity index is 208. The quantitative estimate of drug-likeness (QED) is 0.721. The van der Waals surface area contributed by atoms with Gasteiger partial charge in [-0.1, -0.05) is 33.6 Å². The number of hydrogen-bond donors (Lipinski definition) is 2. The highest BCUT2D eigenvalue weighted by Crippen LogP contribution is 2.28. The molecule has 0 heterocycles. The summed E-state index contributed by atoms with van der Waals surface area (Å²) in [6.07, 6.45) is 4.57. The van der Waals surface area contributed by atoms with Gasteiger partial charge in [0, 0.05) is 12.1 Å². The van der Waals surface area contributed by atoms with Gasteiger partial charge < -0.3 is 10.8 Å². The summed E-state index contributed by atoms with van der Waals surface area (Å²) in [4.78, 5) is 2.09.